The zero-order chi connectivity index (χ0) is 13.2. The zero-order valence-electron chi connectivity index (χ0n) is 11.3. The number of carbonyl (C=O) groups is 1. The molecule has 2 saturated heterocycles. The fourth-order valence-electron chi connectivity index (χ4n) is 3.01. The van der Waals surface area contributed by atoms with Crippen molar-refractivity contribution in [1.82, 2.24) is 5.32 Å². The fourth-order valence-corrected chi connectivity index (χ4v) is 3.01. The van der Waals surface area contributed by atoms with Gasteiger partial charge in [-0.2, -0.15) is 0 Å². The van der Waals surface area contributed by atoms with Crippen molar-refractivity contribution < 1.29 is 9.53 Å². The predicted octanol–water partition coefficient (Wildman–Crippen LogP) is 1.31. The number of hydrogen-bond donors (Lipinski definition) is 1. The minimum absolute atomic E-state index is 0.152. The van der Waals surface area contributed by atoms with Crippen LogP contribution in [0.15, 0.2) is 24.3 Å². The fraction of sp³-hybridized carbons (Fsp3) is 0.533. The maximum absolute atomic E-state index is 12.0. The van der Waals surface area contributed by atoms with Crippen LogP contribution < -0.4 is 15.0 Å². The second-order valence-corrected chi connectivity index (χ2v) is 5.29. The van der Waals surface area contributed by atoms with Gasteiger partial charge in [-0.1, -0.05) is 0 Å². The standard InChI is InChI=1S/C15H20N2O2/c1-2-19-14-5-3-13(4-6-14)17-9-11-7-16-8-12(10-17)15(11)18/h3-6,11-12,16H,2,7-10H2,1H3. The highest BCUT2D eigenvalue weighted by molar-refractivity contribution is 5.87. The number of piperidine rings is 2. The van der Waals surface area contributed by atoms with Crippen LogP contribution in [0.2, 0.25) is 0 Å². The van der Waals surface area contributed by atoms with Crippen molar-refractivity contribution >= 4 is 11.5 Å². The summed E-state index contributed by atoms with van der Waals surface area (Å²) < 4.78 is 5.46. The van der Waals surface area contributed by atoms with E-state index in [0.717, 1.165) is 31.9 Å². The lowest BCUT2D eigenvalue weighted by atomic mass is 9.84. The summed E-state index contributed by atoms with van der Waals surface area (Å²) in [6.45, 7) is 5.98. The van der Waals surface area contributed by atoms with Crippen LogP contribution in [0.4, 0.5) is 5.69 Å². The van der Waals surface area contributed by atoms with Gasteiger partial charge < -0.3 is 15.0 Å². The van der Waals surface area contributed by atoms with Crippen LogP contribution in [0.3, 0.4) is 0 Å². The molecule has 2 aliphatic heterocycles. The molecule has 0 radical (unpaired) electrons. The largest absolute Gasteiger partial charge is 0.494 e. The molecule has 2 aliphatic rings. The van der Waals surface area contributed by atoms with Gasteiger partial charge in [0.05, 0.1) is 6.61 Å². The number of nitrogens with one attached hydrogen (secondary N) is 1. The van der Waals surface area contributed by atoms with E-state index in [4.69, 9.17) is 4.74 Å². The van der Waals surface area contributed by atoms with Crippen molar-refractivity contribution in [2.75, 3.05) is 37.7 Å². The van der Waals surface area contributed by atoms with Crippen molar-refractivity contribution in [3.63, 3.8) is 0 Å². The summed E-state index contributed by atoms with van der Waals surface area (Å²) in [4.78, 5) is 14.4. The van der Waals surface area contributed by atoms with E-state index in [1.165, 1.54) is 5.69 Å². The lowest BCUT2D eigenvalue weighted by Gasteiger charge is -2.41. The highest BCUT2D eigenvalue weighted by atomic mass is 16.5. The third-order valence-electron chi connectivity index (χ3n) is 3.98. The van der Waals surface area contributed by atoms with E-state index in [1.54, 1.807) is 0 Å². The molecule has 0 saturated carbocycles. The Morgan fingerprint density at radius 2 is 1.84 bits per heavy atom. The minimum Gasteiger partial charge on any atom is -0.494 e. The molecule has 2 atom stereocenters. The van der Waals surface area contributed by atoms with Crippen LogP contribution >= 0.6 is 0 Å². The Labute approximate surface area is 113 Å². The molecule has 4 heteroatoms. The smallest absolute Gasteiger partial charge is 0.145 e. The van der Waals surface area contributed by atoms with Gasteiger partial charge in [0, 0.05) is 43.7 Å². The monoisotopic (exact) mass is 260 g/mol. The molecule has 0 aromatic heterocycles. The summed E-state index contributed by atoms with van der Waals surface area (Å²) in [7, 11) is 0. The first-order valence-corrected chi connectivity index (χ1v) is 7.00. The second-order valence-electron chi connectivity index (χ2n) is 5.29. The molecule has 1 aromatic carbocycles. The molecule has 0 aliphatic carbocycles. The number of nitrogens with zero attached hydrogens (tertiary/aromatic N) is 1. The normalized spacial score (nSPS) is 26.4. The van der Waals surface area contributed by atoms with Gasteiger partial charge in [-0.3, -0.25) is 4.79 Å². The Morgan fingerprint density at radius 3 is 2.42 bits per heavy atom. The van der Waals surface area contributed by atoms with E-state index in [0.29, 0.717) is 12.4 Å². The van der Waals surface area contributed by atoms with Crippen molar-refractivity contribution in [2.45, 2.75) is 6.92 Å². The summed E-state index contributed by atoms with van der Waals surface area (Å²) in [5, 5.41) is 3.35. The van der Waals surface area contributed by atoms with E-state index in [9.17, 15) is 4.79 Å². The number of Topliss-reactive ketones (excluding diaryl/α,β-unsaturated/α-hetero) is 1. The maximum Gasteiger partial charge on any atom is 0.145 e. The van der Waals surface area contributed by atoms with Gasteiger partial charge in [-0.15, -0.1) is 0 Å². The summed E-state index contributed by atoms with van der Waals surface area (Å²) in [6.07, 6.45) is 0. The van der Waals surface area contributed by atoms with Gasteiger partial charge in [0.1, 0.15) is 11.5 Å². The molecule has 0 spiro atoms. The Hall–Kier alpha value is -1.55. The van der Waals surface area contributed by atoms with Gasteiger partial charge in [-0.05, 0) is 31.2 Å². The number of rotatable bonds is 3. The van der Waals surface area contributed by atoms with E-state index in [1.807, 2.05) is 19.1 Å². The number of carbonyl (C=O) groups excluding carboxylic acids is 1. The topological polar surface area (TPSA) is 41.6 Å². The quantitative estimate of drug-likeness (QED) is 0.889. The number of fused-ring (bicyclic) bond motifs is 2. The Morgan fingerprint density at radius 1 is 1.21 bits per heavy atom. The Bertz CT molecular complexity index is 442. The Kier molecular flexibility index (Phi) is 3.42. The van der Waals surface area contributed by atoms with Gasteiger partial charge in [0.2, 0.25) is 0 Å². The molecule has 2 unspecified atom stereocenters. The van der Waals surface area contributed by atoms with Crippen molar-refractivity contribution in [3.8, 4) is 5.75 Å². The molecule has 1 N–H and O–H groups in total. The molecule has 1 aromatic rings. The summed E-state index contributed by atoms with van der Waals surface area (Å²) >= 11 is 0. The van der Waals surface area contributed by atoms with Gasteiger partial charge >= 0.3 is 0 Å². The number of ketones is 1. The number of benzene rings is 1. The second kappa shape index (κ2) is 5.21. The van der Waals surface area contributed by atoms with Crippen LogP contribution in [-0.4, -0.2) is 38.6 Å². The van der Waals surface area contributed by atoms with Crippen LogP contribution in [0.5, 0.6) is 5.75 Å². The van der Waals surface area contributed by atoms with E-state index in [-0.39, 0.29) is 11.8 Å². The Balaban J connectivity index is 1.74. The SMILES string of the molecule is CCOc1ccc(N2CC3CNCC(C2)C3=O)cc1. The average molecular weight is 260 g/mol. The molecule has 0 amide bonds. The third kappa shape index (κ3) is 2.45. The number of anilines is 1. The van der Waals surface area contributed by atoms with Crippen LogP contribution in [0, 0.1) is 11.8 Å². The zero-order valence-corrected chi connectivity index (χ0v) is 11.3. The predicted molar refractivity (Wildman–Crippen MR) is 74.7 cm³/mol. The van der Waals surface area contributed by atoms with Crippen LogP contribution in [-0.2, 0) is 4.79 Å². The molecule has 2 fully saturated rings. The lowest BCUT2D eigenvalue weighted by Crippen LogP contribution is -2.57. The van der Waals surface area contributed by atoms with E-state index < -0.39 is 0 Å². The highest BCUT2D eigenvalue weighted by Crippen LogP contribution is 2.27. The first-order valence-electron chi connectivity index (χ1n) is 7.00. The molecule has 4 nitrogen and oxygen atoms in total. The van der Waals surface area contributed by atoms with Gasteiger partial charge in [-0.25, -0.2) is 0 Å². The molecule has 19 heavy (non-hydrogen) atoms. The highest BCUT2D eigenvalue weighted by Gasteiger charge is 2.37. The first-order chi connectivity index (χ1) is 9.28. The molecular weight excluding hydrogens is 240 g/mol. The molecular formula is C15H20N2O2. The summed E-state index contributed by atoms with van der Waals surface area (Å²) in [5.74, 6) is 1.65. The van der Waals surface area contributed by atoms with Gasteiger partial charge in [0.25, 0.3) is 0 Å². The lowest BCUT2D eigenvalue weighted by molar-refractivity contribution is -0.129. The third-order valence-corrected chi connectivity index (χ3v) is 3.98. The molecule has 102 valence electrons. The summed E-state index contributed by atoms with van der Waals surface area (Å²) in [6, 6.07) is 8.18. The summed E-state index contributed by atoms with van der Waals surface area (Å²) in [5.41, 5.74) is 1.19. The average Bonchev–Trinajstić information content (AvgIpc) is 2.40. The molecule has 3 rings (SSSR count). The number of ether oxygens (including phenoxy) is 1. The van der Waals surface area contributed by atoms with E-state index in [2.05, 4.69) is 22.3 Å². The van der Waals surface area contributed by atoms with Crippen molar-refractivity contribution in [1.29, 1.82) is 0 Å². The van der Waals surface area contributed by atoms with Crippen LogP contribution in [0.25, 0.3) is 0 Å². The van der Waals surface area contributed by atoms with E-state index >= 15 is 0 Å². The van der Waals surface area contributed by atoms with Gasteiger partial charge in [0.15, 0.2) is 0 Å². The molecule has 2 bridgehead atoms. The van der Waals surface area contributed by atoms with Crippen molar-refractivity contribution in [2.24, 2.45) is 11.8 Å². The minimum atomic E-state index is 0.152. The van der Waals surface area contributed by atoms with Crippen LogP contribution in [0.1, 0.15) is 6.92 Å². The molecule has 2 heterocycles. The first kappa shape index (κ1) is 12.5. The number of hydrogen-bond acceptors (Lipinski definition) is 4. The van der Waals surface area contributed by atoms with Crippen molar-refractivity contribution in [3.05, 3.63) is 24.3 Å². The maximum atomic E-state index is 12.0.